The zero-order chi connectivity index (χ0) is 12.8. The van der Waals surface area contributed by atoms with Crippen molar-refractivity contribution in [3.05, 3.63) is 35.9 Å². The molecule has 0 amide bonds. The predicted octanol–water partition coefficient (Wildman–Crippen LogP) is 0.920. The van der Waals surface area contributed by atoms with Gasteiger partial charge >= 0.3 is 5.97 Å². The molecule has 3 aliphatic rings. The van der Waals surface area contributed by atoms with Gasteiger partial charge in [-0.3, -0.25) is 9.69 Å². The third-order valence-electron chi connectivity index (χ3n) is 4.50. The molecule has 18 heavy (non-hydrogen) atoms. The number of fused-ring (bicyclic) bond motifs is 2. The number of hydrogen-bond acceptors (Lipinski definition) is 3. The van der Waals surface area contributed by atoms with E-state index in [1.807, 2.05) is 18.2 Å². The van der Waals surface area contributed by atoms with Crippen LogP contribution in [-0.4, -0.2) is 34.6 Å². The van der Waals surface area contributed by atoms with E-state index in [4.69, 9.17) is 5.73 Å². The van der Waals surface area contributed by atoms with Crippen LogP contribution in [0.25, 0.3) is 0 Å². The summed E-state index contributed by atoms with van der Waals surface area (Å²) < 4.78 is 0. The lowest BCUT2D eigenvalue weighted by Crippen LogP contribution is -2.74. The van der Waals surface area contributed by atoms with Crippen molar-refractivity contribution in [3.63, 3.8) is 0 Å². The van der Waals surface area contributed by atoms with Crippen molar-refractivity contribution < 1.29 is 9.90 Å². The number of hydrogen-bond donors (Lipinski definition) is 2. The number of carboxylic acids is 1. The minimum atomic E-state index is -0.965. The Morgan fingerprint density at radius 1 is 1.33 bits per heavy atom. The van der Waals surface area contributed by atoms with Crippen LogP contribution in [0.4, 0.5) is 0 Å². The van der Waals surface area contributed by atoms with Gasteiger partial charge in [0.15, 0.2) is 0 Å². The molecule has 0 unspecified atom stereocenters. The normalized spacial score (nSPS) is 34.9. The lowest BCUT2D eigenvalue weighted by molar-refractivity contribution is -0.165. The van der Waals surface area contributed by atoms with Gasteiger partial charge in [0.25, 0.3) is 0 Å². The van der Waals surface area contributed by atoms with Gasteiger partial charge in [0, 0.05) is 31.5 Å². The van der Waals surface area contributed by atoms with Gasteiger partial charge in [0.1, 0.15) is 5.54 Å². The maximum atomic E-state index is 11.2. The molecule has 2 heterocycles. The van der Waals surface area contributed by atoms with E-state index in [0.29, 0.717) is 0 Å². The molecule has 96 valence electrons. The van der Waals surface area contributed by atoms with Crippen LogP contribution in [0, 0.1) is 11.8 Å². The first kappa shape index (κ1) is 11.7. The number of benzene rings is 1. The molecule has 3 fully saturated rings. The van der Waals surface area contributed by atoms with E-state index in [1.165, 1.54) is 5.56 Å². The van der Waals surface area contributed by atoms with Crippen molar-refractivity contribution in [2.45, 2.75) is 18.5 Å². The van der Waals surface area contributed by atoms with Crippen LogP contribution in [0.1, 0.15) is 12.0 Å². The number of nitrogens with zero attached hydrogens (tertiary/aromatic N) is 1. The van der Waals surface area contributed by atoms with E-state index in [2.05, 4.69) is 17.0 Å². The van der Waals surface area contributed by atoms with Crippen LogP contribution in [-0.2, 0) is 11.3 Å². The number of aliphatic carboxylic acids is 1. The molecule has 4 nitrogen and oxygen atoms in total. The third-order valence-corrected chi connectivity index (χ3v) is 4.50. The van der Waals surface area contributed by atoms with Crippen LogP contribution in [0.15, 0.2) is 30.3 Å². The third kappa shape index (κ3) is 1.64. The van der Waals surface area contributed by atoms with Gasteiger partial charge in [-0.15, -0.1) is 0 Å². The molecule has 1 aromatic carbocycles. The molecular weight excluding hydrogens is 228 g/mol. The Balaban J connectivity index is 1.66. The van der Waals surface area contributed by atoms with E-state index in [1.54, 1.807) is 0 Å². The monoisotopic (exact) mass is 246 g/mol. The molecule has 2 saturated heterocycles. The van der Waals surface area contributed by atoms with Crippen molar-refractivity contribution in [1.82, 2.24) is 4.90 Å². The Kier molecular flexibility index (Phi) is 2.64. The Morgan fingerprint density at radius 3 is 2.50 bits per heavy atom. The van der Waals surface area contributed by atoms with Crippen molar-refractivity contribution in [1.29, 1.82) is 0 Å². The van der Waals surface area contributed by atoms with Crippen molar-refractivity contribution in [2.75, 3.05) is 13.1 Å². The van der Waals surface area contributed by atoms with Crippen LogP contribution in [0.5, 0.6) is 0 Å². The van der Waals surface area contributed by atoms with Crippen LogP contribution < -0.4 is 5.73 Å². The second kappa shape index (κ2) is 4.07. The van der Waals surface area contributed by atoms with Gasteiger partial charge in [-0.25, -0.2) is 0 Å². The first-order chi connectivity index (χ1) is 8.60. The molecule has 1 aliphatic carbocycles. The summed E-state index contributed by atoms with van der Waals surface area (Å²) in [5.74, 6) is -0.613. The first-order valence-electron chi connectivity index (χ1n) is 6.39. The van der Waals surface area contributed by atoms with E-state index in [-0.39, 0.29) is 11.8 Å². The predicted molar refractivity (Wildman–Crippen MR) is 67.9 cm³/mol. The van der Waals surface area contributed by atoms with Crippen molar-refractivity contribution >= 4 is 5.97 Å². The average Bonchev–Trinajstić information content (AvgIpc) is 2.38. The Morgan fingerprint density at radius 2 is 1.94 bits per heavy atom. The molecule has 0 radical (unpaired) electrons. The van der Waals surface area contributed by atoms with Gasteiger partial charge in [-0.05, 0) is 12.0 Å². The fraction of sp³-hybridized carbons (Fsp3) is 0.500. The summed E-state index contributed by atoms with van der Waals surface area (Å²) >= 11 is 0. The quantitative estimate of drug-likeness (QED) is 0.832. The molecular formula is C14H18N2O2. The molecule has 3 N–H and O–H groups in total. The zero-order valence-electron chi connectivity index (χ0n) is 10.2. The number of nitrogens with two attached hydrogens (primary N) is 1. The van der Waals surface area contributed by atoms with Crippen LogP contribution in [0.3, 0.4) is 0 Å². The maximum Gasteiger partial charge on any atom is 0.324 e. The average molecular weight is 246 g/mol. The highest BCUT2D eigenvalue weighted by Gasteiger charge is 2.61. The van der Waals surface area contributed by atoms with E-state index >= 15 is 0 Å². The number of rotatable bonds is 3. The lowest BCUT2D eigenvalue weighted by Gasteiger charge is -2.58. The van der Waals surface area contributed by atoms with Gasteiger partial charge in [-0.2, -0.15) is 0 Å². The largest absolute Gasteiger partial charge is 0.480 e. The summed E-state index contributed by atoms with van der Waals surface area (Å²) in [4.78, 5) is 13.6. The highest BCUT2D eigenvalue weighted by atomic mass is 16.4. The summed E-state index contributed by atoms with van der Waals surface area (Å²) in [6.45, 7) is 2.49. The molecule has 1 aromatic rings. The minimum absolute atomic E-state index is 0.109. The van der Waals surface area contributed by atoms with E-state index in [0.717, 1.165) is 26.1 Å². The zero-order valence-corrected chi connectivity index (χ0v) is 10.2. The molecule has 2 aliphatic heterocycles. The summed E-state index contributed by atoms with van der Waals surface area (Å²) in [6.07, 6.45) is 0.966. The molecule has 4 rings (SSSR count). The highest BCUT2D eigenvalue weighted by Crippen LogP contribution is 2.47. The standard InChI is InChI=1S/C14H18N2O2/c15-14(13(17)18)11-6-12(14)9-16(8-11)7-10-4-2-1-3-5-10/h1-5,11-12H,6-9,15H2,(H,17,18)/t11-,12-/m1/s1. The van der Waals surface area contributed by atoms with Gasteiger partial charge in [0.2, 0.25) is 0 Å². The Labute approximate surface area is 106 Å². The Bertz CT molecular complexity index is 448. The smallest absolute Gasteiger partial charge is 0.324 e. The van der Waals surface area contributed by atoms with Gasteiger partial charge < -0.3 is 10.8 Å². The summed E-state index contributed by atoms with van der Waals surface area (Å²) in [7, 11) is 0. The fourth-order valence-electron chi connectivity index (χ4n) is 3.38. The van der Waals surface area contributed by atoms with E-state index in [9.17, 15) is 9.90 Å². The van der Waals surface area contributed by atoms with Crippen LogP contribution in [0.2, 0.25) is 0 Å². The van der Waals surface area contributed by atoms with Gasteiger partial charge in [-0.1, -0.05) is 30.3 Å². The highest BCUT2D eigenvalue weighted by molar-refractivity contribution is 5.81. The molecule has 1 saturated carbocycles. The fourth-order valence-corrected chi connectivity index (χ4v) is 3.38. The SMILES string of the molecule is NC1(C(=O)O)[C@@H]2C[C@@H]1CN(Cc1ccccc1)C2. The molecule has 0 spiro atoms. The number of carboxylic acid groups (broad SMARTS) is 1. The number of carbonyl (C=O) groups is 1. The van der Waals surface area contributed by atoms with Gasteiger partial charge in [0.05, 0.1) is 0 Å². The lowest BCUT2D eigenvalue weighted by atomic mass is 9.56. The first-order valence-corrected chi connectivity index (χ1v) is 6.39. The molecule has 4 heteroatoms. The Hall–Kier alpha value is -1.39. The second-order valence-corrected chi connectivity index (χ2v) is 5.55. The minimum Gasteiger partial charge on any atom is -0.480 e. The molecule has 0 aromatic heterocycles. The number of piperidine rings is 2. The summed E-state index contributed by atoms with van der Waals surface area (Å²) in [5, 5.41) is 9.23. The maximum absolute atomic E-state index is 11.2. The topological polar surface area (TPSA) is 66.6 Å². The second-order valence-electron chi connectivity index (χ2n) is 5.55. The summed E-state index contributed by atoms with van der Waals surface area (Å²) in [5.41, 5.74) is 6.33. The molecule has 2 atom stereocenters. The van der Waals surface area contributed by atoms with Crippen molar-refractivity contribution in [2.24, 2.45) is 17.6 Å². The van der Waals surface area contributed by atoms with Crippen LogP contribution >= 0.6 is 0 Å². The van der Waals surface area contributed by atoms with E-state index < -0.39 is 11.5 Å². The molecule has 2 bridgehead atoms. The summed E-state index contributed by atoms with van der Waals surface area (Å²) in [6, 6.07) is 10.3. The van der Waals surface area contributed by atoms with Crippen molar-refractivity contribution in [3.8, 4) is 0 Å².